The highest BCUT2D eigenvalue weighted by molar-refractivity contribution is 5.25. The third-order valence-electron chi connectivity index (χ3n) is 2.90. The molecule has 1 aromatic carbocycles. The molecule has 1 saturated carbocycles. The molecule has 1 nitrogen and oxygen atoms in total. The average Bonchev–Trinajstić information content (AvgIpc) is 2.16. The van der Waals surface area contributed by atoms with Gasteiger partial charge in [-0.05, 0) is 17.9 Å². The van der Waals surface area contributed by atoms with Gasteiger partial charge in [-0.25, -0.2) is 0 Å². The van der Waals surface area contributed by atoms with E-state index in [1.54, 1.807) is 0 Å². The molecule has 1 heteroatoms. The van der Waals surface area contributed by atoms with E-state index >= 15 is 0 Å². The smallest absolute Gasteiger partial charge is 0.0614 e. The van der Waals surface area contributed by atoms with Crippen LogP contribution in [0.5, 0.6) is 0 Å². The molecular weight excluding hydrogens is 160 g/mol. The van der Waals surface area contributed by atoms with Crippen molar-refractivity contribution in [1.82, 2.24) is 0 Å². The van der Waals surface area contributed by atoms with Crippen LogP contribution in [-0.4, -0.2) is 11.2 Å². The average molecular weight is 174 g/mol. The van der Waals surface area contributed by atoms with Gasteiger partial charge in [0, 0.05) is 5.92 Å². The monoisotopic (exact) mass is 174 g/mol. The number of benzene rings is 1. The summed E-state index contributed by atoms with van der Waals surface area (Å²) in [5.74, 6) is 0.732. The fourth-order valence-corrected chi connectivity index (χ4v) is 2.03. The van der Waals surface area contributed by atoms with Crippen LogP contribution in [0.3, 0.4) is 0 Å². The van der Waals surface area contributed by atoms with E-state index in [0.29, 0.717) is 5.92 Å². The maximum atomic E-state index is 9.47. The summed E-state index contributed by atoms with van der Waals surface area (Å²) in [6.45, 7) is 3.75. The van der Waals surface area contributed by atoms with E-state index in [1.807, 2.05) is 24.3 Å². The lowest BCUT2D eigenvalue weighted by atomic mass is 9.68. The summed E-state index contributed by atoms with van der Waals surface area (Å²) in [6, 6.07) is 10.3. The van der Waals surface area contributed by atoms with Gasteiger partial charge >= 0.3 is 0 Å². The van der Waals surface area contributed by atoms with Gasteiger partial charge in [-0.1, -0.05) is 36.4 Å². The van der Waals surface area contributed by atoms with Crippen LogP contribution in [-0.2, 0) is 0 Å². The Morgan fingerprint density at radius 1 is 1.31 bits per heavy atom. The van der Waals surface area contributed by atoms with Crippen molar-refractivity contribution in [2.75, 3.05) is 0 Å². The number of aliphatic hydroxyl groups is 1. The summed E-state index contributed by atoms with van der Waals surface area (Å²) in [5, 5.41) is 9.47. The van der Waals surface area contributed by atoms with Gasteiger partial charge in [-0.2, -0.15) is 0 Å². The van der Waals surface area contributed by atoms with Crippen molar-refractivity contribution in [2.24, 2.45) is 5.92 Å². The zero-order valence-corrected chi connectivity index (χ0v) is 7.56. The summed E-state index contributed by atoms with van der Waals surface area (Å²) < 4.78 is 0. The third-order valence-corrected chi connectivity index (χ3v) is 2.90. The Morgan fingerprint density at radius 2 is 2.00 bits per heavy atom. The second kappa shape index (κ2) is 3.35. The molecule has 1 aliphatic carbocycles. The Kier molecular flexibility index (Phi) is 2.19. The van der Waals surface area contributed by atoms with Crippen molar-refractivity contribution in [3.63, 3.8) is 0 Å². The van der Waals surface area contributed by atoms with Crippen molar-refractivity contribution in [3.05, 3.63) is 48.6 Å². The van der Waals surface area contributed by atoms with Crippen molar-refractivity contribution in [3.8, 4) is 0 Å². The predicted octanol–water partition coefficient (Wildman–Crippen LogP) is 2.34. The molecule has 1 fully saturated rings. The summed E-state index contributed by atoms with van der Waals surface area (Å²) in [5.41, 5.74) is 1.32. The van der Waals surface area contributed by atoms with E-state index in [2.05, 4.69) is 18.7 Å². The molecule has 0 aliphatic heterocycles. The highest BCUT2D eigenvalue weighted by atomic mass is 16.3. The molecule has 0 bridgehead atoms. The molecule has 3 atom stereocenters. The first-order valence-electron chi connectivity index (χ1n) is 4.68. The van der Waals surface area contributed by atoms with Crippen molar-refractivity contribution >= 4 is 0 Å². The van der Waals surface area contributed by atoms with Crippen LogP contribution < -0.4 is 0 Å². The number of hydrogen-bond donors (Lipinski definition) is 1. The normalized spacial score (nSPS) is 32.2. The predicted molar refractivity (Wildman–Crippen MR) is 53.5 cm³/mol. The van der Waals surface area contributed by atoms with Gasteiger partial charge in [-0.3, -0.25) is 0 Å². The Morgan fingerprint density at radius 3 is 2.54 bits per heavy atom. The molecule has 68 valence electrons. The molecule has 0 heterocycles. The molecular formula is C12H14O. The molecule has 1 N–H and O–H groups in total. The molecule has 2 rings (SSSR count). The molecule has 0 spiro atoms. The molecule has 1 aromatic rings. The first kappa shape index (κ1) is 8.52. The van der Waals surface area contributed by atoms with Crippen LogP contribution in [0, 0.1) is 5.92 Å². The summed E-state index contributed by atoms with van der Waals surface area (Å²) in [6.07, 6.45) is 2.56. The van der Waals surface area contributed by atoms with Crippen molar-refractivity contribution in [1.29, 1.82) is 0 Å². The Balaban J connectivity index is 2.16. The topological polar surface area (TPSA) is 20.2 Å². The van der Waals surface area contributed by atoms with Crippen LogP contribution in [0.2, 0.25) is 0 Å². The number of rotatable bonds is 2. The molecule has 0 amide bonds. The van der Waals surface area contributed by atoms with Gasteiger partial charge in [0.2, 0.25) is 0 Å². The zero-order valence-electron chi connectivity index (χ0n) is 7.56. The lowest BCUT2D eigenvalue weighted by Gasteiger charge is -2.40. The second-order valence-corrected chi connectivity index (χ2v) is 3.63. The number of aliphatic hydroxyl groups excluding tert-OH is 1. The Labute approximate surface area is 78.7 Å². The van der Waals surface area contributed by atoms with Crippen LogP contribution in [0.25, 0.3) is 0 Å². The molecule has 0 radical (unpaired) electrons. The van der Waals surface area contributed by atoms with Crippen molar-refractivity contribution in [2.45, 2.75) is 18.4 Å². The maximum absolute atomic E-state index is 9.47. The first-order valence-corrected chi connectivity index (χ1v) is 4.68. The van der Waals surface area contributed by atoms with Gasteiger partial charge in [0.15, 0.2) is 0 Å². The zero-order chi connectivity index (χ0) is 9.26. The lowest BCUT2D eigenvalue weighted by Crippen LogP contribution is -2.37. The van der Waals surface area contributed by atoms with E-state index in [9.17, 15) is 5.11 Å². The molecule has 0 saturated heterocycles. The highest BCUT2D eigenvalue weighted by Crippen LogP contribution is 2.43. The van der Waals surface area contributed by atoms with E-state index in [1.165, 1.54) is 5.56 Å². The largest absolute Gasteiger partial charge is 0.392 e. The second-order valence-electron chi connectivity index (χ2n) is 3.63. The van der Waals surface area contributed by atoms with Crippen LogP contribution in [0.1, 0.15) is 17.9 Å². The quantitative estimate of drug-likeness (QED) is 0.682. The fourth-order valence-electron chi connectivity index (χ4n) is 2.03. The van der Waals surface area contributed by atoms with Crippen LogP contribution in [0.4, 0.5) is 0 Å². The van der Waals surface area contributed by atoms with E-state index in [0.717, 1.165) is 6.42 Å². The van der Waals surface area contributed by atoms with Gasteiger partial charge in [0.25, 0.3) is 0 Å². The van der Waals surface area contributed by atoms with Gasteiger partial charge in [0.05, 0.1) is 6.10 Å². The van der Waals surface area contributed by atoms with Crippen LogP contribution >= 0.6 is 0 Å². The summed E-state index contributed by atoms with van der Waals surface area (Å²) in [7, 11) is 0. The minimum atomic E-state index is -0.178. The van der Waals surface area contributed by atoms with Gasteiger partial charge in [0.1, 0.15) is 0 Å². The summed E-state index contributed by atoms with van der Waals surface area (Å²) in [4.78, 5) is 0. The van der Waals surface area contributed by atoms with E-state index in [-0.39, 0.29) is 12.0 Å². The third kappa shape index (κ3) is 1.40. The van der Waals surface area contributed by atoms with Crippen molar-refractivity contribution < 1.29 is 5.11 Å². The summed E-state index contributed by atoms with van der Waals surface area (Å²) >= 11 is 0. The van der Waals surface area contributed by atoms with Gasteiger partial charge < -0.3 is 5.11 Å². The van der Waals surface area contributed by atoms with Gasteiger partial charge in [-0.15, -0.1) is 6.58 Å². The lowest BCUT2D eigenvalue weighted by molar-refractivity contribution is 0.0277. The minimum absolute atomic E-state index is 0.178. The molecule has 0 aromatic heterocycles. The molecule has 0 unspecified atom stereocenters. The Hall–Kier alpha value is -1.08. The molecule has 13 heavy (non-hydrogen) atoms. The van der Waals surface area contributed by atoms with E-state index < -0.39 is 0 Å². The SMILES string of the molecule is C=C[C@@H]1[C@@H](O)C[C@H]1c1ccccc1. The highest BCUT2D eigenvalue weighted by Gasteiger charge is 2.38. The molecule has 1 aliphatic rings. The Bertz CT molecular complexity index is 291. The van der Waals surface area contributed by atoms with E-state index in [4.69, 9.17) is 0 Å². The minimum Gasteiger partial charge on any atom is -0.392 e. The first-order chi connectivity index (χ1) is 6.33. The van der Waals surface area contributed by atoms with Crippen LogP contribution in [0.15, 0.2) is 43.0 Å². The number of hydrogen-bond acceptors (Lipinski definition) is 1. The fraction of sp³-hybridized carbons (Fsp3) is 0.333. The maximum Gasteiger partial charge on any atom is 0.0614 e. The standard InChI is InChI=1S/C12H14O/c1-2-10-11(8-12(10)13)9-6-4-3-5-7-9/h2-7,10-13H,1,8H2/t10-,11-,12-/m0/s1.